The number of carboxylic acid groups (broad SMARTS) is 1. The highest BCUT2D eigenvalue weighted by molar-refractivity contribution is 6.01. The van der Waals surface area contributed by atoms with Crippen molar-refractivity contribution < 1.29 is 18.7 Å². The summed E-state index contributed by atoms with van der Waals surface area (Å²) in [6.45, 7) is 1.46. The lowest BCUT2D eigenvalue weighted by Gasteiger charge is -2.09. The smallest absolute Gasteiger partial charge is 0.337 e. The number of hydrogen-bond donors (Lipinski definition) is 1. The van der Waals surface area contributed by atoms with Crippen LogP contribution >= 0.6 is 0 Å². The Balaban J connectivity index is 2.36. The van der Waals surface area contributed by atoms with E-state index in [0.29, 0.717) is 5.52 Å². The van der Waals surface area contributed by atoms with E-state index < -0.39 is 17.6 Å². The highest BCUT2D eigenvalue weighted by Crippen LogP contribution is 2.25. The third-order valence-corrected chi connectivity index (χ3v) is 3.29. The van der Waals surface area contributed by atoms with E-state index in [1.807, 2.05) is 0 Å². The second-order valence-corrected chi connectivity index (χ2v) is 4.65. The fraction of sp³-hybridized carbons (Fsp3) is 0.0667. The number of hydrogen-bond acceptors (Lipinski definition) is 2. The quantitative estimate of drug-likeness (QED) is 0.787. The molecule has 0 saturated heterocycles. The van der Waals surface area contributed by atoms with Gasteiger partial charge in [0.05, 0.1) is 22.3 Å². The molecular weight excluding hydrogens is 278 g/mol. The summed E-state index contributed by atoms with van der Waals surface area (Å²) in [6, 6.07) is 6.66. The molecular formula is C15H10F2N2O2. The van der Waals surface area contributed by atoms with Gasteiger partial charge in [-0.25, -0.2) is 18.6 Å². The SMILES string of the molecule is Cc1cc(F)c(-n2cnc3cccc(C(=O)O)c32)cc1F. The van der Waals surface area contributed by atoms with E-state index in [1.54, 1.807) is 12.1 Å². The van der Waals surface area contributed by atoms with Gasteiger partial charge < -0.3 is 5.11 Å². The van der Waals surface area contributed by atoms with Gasteiger partial charge in [-0.3, -0.25) is 4.57 Å². The second-order valence-electron chi connectivity index (χ2n) is 4.65. The van der Waals surface area contributed by atoms with Gasteiger partial charge >= 0.3 is 5.97 Å². The van der Waals surface area contributed by atoms with Crippen LogP contribution in [0.2, 0.25) is 0 Å². The van der Waals surface area contributed by atoms with Gasteiger partial charge in [0.15, 0.2) is 0 Å². The van der Waals surface area contributed by atoms with E-state index in [-0.39, 0.29) is 22.3 Å². The normalized spacial score (nSPS) is 11.0. The minimum absolute atomic E-state index is 0.0228. The maximum absolute atomic E-state index is 14.1. The largest absolute Gasteiger partial charge is 0.478 e. The number of aromatic carboxylic acids is 1. The lowest BCUT2D eigenvalue weighted by atomic mass is 10.1. The van der Waals surface area contributed by atoms with Crippen LogP contribution in [0.1, 0.15) is 15.9 Å². The van der Waals surface area contributed by atoms with Crippen molar-refractivity contribution in [3.63, 3.8) is 0 Å². The summed E-state index contributed by atoms with van der Waals surface area (Å²) in [5.41, 5.74) is 0.709. The van der Waals surface area contributed by atoms with Crippen LogP contribution in [0.5, 0.6) is 0 Å². The second kappa shape index (κ2) is 4.66. The molecule has 0 radical (unpaired) electrons. The Morgan fingerprint density at radius 2 is 2.00 bits per heavy atom. The highest BCUT2D eigenvalue weighted by Gasteiger charge is 2.17. The molecule has 4 nitrogen and oxygen atoms in total. The molecule has 0 aliphatic heterocycles. The van der Waals surface area contributed by atoms with E-state index in [2.05, 4.69) is 4.98 Å². The summed E-state index contributed by atoms with van der Waals surface area (Å²) < 4.78 is 29.0. The number of benzene rings is 2. The average Bonchev–Trinajstić information content (AvgIpc) is 2.86. The summed E-state index contributed by atoms with van der Waals surface area (Å²) in [6.07, 6.45) is 1.28. The van der Waals surface area contributed by atoms with Crippen LogP contribution in [0, 0.1) is 18.6 Å². The zero-order chi connectivity index (χ0) is 15.1. The maximum atomic E-state index is 14.1. The molecule has 1 heterocycles. The van der Waals surface area contributed by atoms with Crippen LogP contribution in [0.25, 0.3) is 16.7 Å². The summed E-state index contributed by atoms with van der Waals surface area (Å²) in [5, 5.41) is 9.23. The van der Waals surface area contributed by atoms with Gasteiger partial charge in [0.25, 0.3) is 0 Å². The van der Waals surface area contributed by atoms with Crippen molar-refractivity contribution in [3.8, 4) is 5.69 Å². The van der Waals surface area contributed by atoms with Crippen LogP contribution in [0.3, 0.4) is 0 Å². The predicted octanol–water partition coefficient (Wildman–Crippen LogP) is 3.31. The topological polar surface area (TPSA) is 55.1 Å². The molecule has 106 valence electrons. The Kier molecular flexibility index (Phi) is 2.94. The fourth-order valence-corrected chi connectivity index (χ4v) is 2.24. The Morgan fingerprint density at radius 3 is 2.71 bits per heavy atom. The molecule has 3 rings (SSSR count). The van der Waals surface area contributed by atoms with E-state index in [0.717, 1.165) is 12.1 Å². The van der Waals surface area contributed by atoms with Gasteiger partial charge in [0.2, 0.25) is 0 Å². The Bertz CT molecular complexity index is 871. The van der Waals surface area contributed by atoms with Crippen LogP contribution in [0.4, 0.5) is 8.78 Å². The van der Waals surface area contributed by atoms with Gasteiger partial charge in [0.1, 0.15) is 18.0 Å². The first-order valence-electron chi connectivity index (χ1n) is 6.14. The molecule has 0 atom stereocenters. The van der Waals surface area contributed by atoms with Gasteiger partial charge in [0, 0.05) is 6.07 Å². The van der Waals surface area contributed by atoms with Crippen molar-refractivity contribution >= 4 is 17.0 Å². The molecule has 1 aromatic heterocycles. The van der Waals surface area contributed by atoms with Gasteiger partial charge in [-0.2, -0.15) is 0 Å². The molecule has 0 unspecified atom stereocenters. The first-order chi connectivity index (χ1) is 9.99. The molecule has 0 saturated carbocycles. The zero-order valence-electron chi connectivity index (χ0n) is 11.0. The number of fused-ring (bicyclic) bond motifs is 1. The summed E-state index contributed by atoms with van der Waals surface area (Å²) in [5.74, 6) is -2.37. The van der Waals surface area contributed by atoms with Crippen LogP contribution < -0.4 is 0 Å². The summed E-state index contributed by atoms with van der Waals surface area (Å²) in [4.78, 5) is 15.3. The molecule has 0 bridgehead atoms. The number of carbonyl (C=O) groups is 1. The standard InChI is InChI=1S/C15H10F2N2O2/c1-8-5-11(17)13(6-10(8)16)19-7-18-12-4-2-3-9(14(12)19)15(20)21/h2-7H,1H3,(H,20,21). The predicted molar refractivity (Wildman–Crippen MR) is 72.7 cm³/mol. The van der Waals surface area contributed by atoms with Crippen molar-refractivity contribution in [3.05, 3.63) is 59.4 Å². The number of rotatable bonds is 2. The lowest BCUT2D eigenvalue weighted by molar-refractivity contribution is 0.0698. The Morgan fingerprint density at radius 1 is 1.24 bits per heavy atom. The fourth-order valence-electron chi connectivity index (χ4n) is 2.24. The Hall–Kier alpha value is -2.76. The minimum atomic E-state index is -1.16. The number of imidazole rings is 1. The molecule has 21 heavy (non-hydrogen) atoms. The van der Waals surface area contributed by atoms with E-state index >= 15 is 0 Å². The molecule has 0 aliphatic carbocycles. The van der Waals surface area contributed by atoms with Gasteiger partial charge in [-0.15, -0.1) is 0 Å². The molecule has 1 N–H and O–H groups in total. The molecule has 0 fully saturated rings. The molecule has 3 aromatic rings. The molecule has 0 spiro atoms. The van der Waals surface area contributed by atoms with Gasteiger partial charge in [-0.05, 0) is 30.7 Å². The zero-order valence-corrected chi connectivity index (χ0v) is 11.0. The average molecular weight is 288 g/mol. The Labute approximate surface area is 118 Å². The summed E-state index contributed by atoms with van der Waals surface area (Å²) >= 11 is 0. The van der Waals surface area contributed by atoms with Crippen molar-refractivity contribution in [1.29, 1.82) is 0 Å². The number of nitrogens with zero attached hydrogens (tertiary/aromatic N) is 2. The van der Waals surface area contributed by atoms with Crippen molar-refractivity contribution in [2.75, 3.05) is 0 Å². The third-order valence-electron chi connectivity index (χ3n) is 3.29. The van der Waals surface area contributed by atoms with E-state index in [1.165, 1.54) is 23.9 Å². The number of aromatic nitrogens is 2. The summed E-state index contributed by atoms with van der Waals surface area (Å²) in [7, 11) is 0. The van der Waals surface area contributed by atoms with Crippen LogP contribution in [-0.2, 0) is 0 Å². The van der Waals surface area contributed by atoms with Crippen LogP contribution in [-0.4, -0.2) is 20.6 Å². The van der Waals surface area contributed by atoms with E-state index in [9.17, 15) is 18.7 Å². The van der Waals surface area contributed by atoms with Crippen molar-refractivity contribution in [2.24, 2.45) is 0 Å². The molecule has 2 aromatic carbocycles. The lowest BCUT2D eigenvalue weighted by Crippen LogP contribution is -2.04. The first-order valence-corrected chi connectivity index (χ1v) is 6.14. The monoisotopic (exact) mass is 288 g/mol. The van der Waals surface area contributed by atoms with Crippen LogP contribution in [0.15, 0.2) is 36.7 Å². The van der Waals surface area contributed by atoms with Gasteiger partial charge in [-0.1, -0.05) is 6.07 Å². The number of para-hydroxylation sites is 1. The van der Waals surface area contributed by atoms with Crippen molar-refractivity contribution in [2.45, 2.75) is 6.92 Å². The highest BCUT2D eigenvalue weighted by atomic mass is 19.1. The minimum Gasteiger partial charge on any atom is -0.478 e. The number of aryl methyl sites for hydroxylation is 1. The number of carboxylic acids is 1. The molecule has 0 amide bonds. The molecule has 6 heteroatoms. The maximum Gasteiger partial charge on any atom is 0.337 e. The van der Waals surface area contributed by atoms with Crippen molar-refractivity contribution in [1.82, 2.24) is 9.55 Å². The van der Waals surface area contributed by atoms with E-state index in [4.69, 9.17) is 0 Å². The third kappa shape index (κ3) is 2.05. The molecule has 0 aliphatic rings. The first kappa shape index (κ1) is 13.2. The number of halogens is 2.